The van der Waals surface area contributed by atoms with Gasteiger partial charge >= 0.3 is 0 Å². The van der Waals surface area contributed by atoms with E-state index in [0.29, 0.717) is 24.4 Å². The second kappa shape index (κ2) is 5.80. The number of hydrogen-bond acceptors (Lipinski definition) is 1. The van der Waals surface area contributed by atoms with E-state index in [1.807, 2.05) is 0 Å². The molecule has 3 rings (SSSR count). The Morgan fingerprint density at radius 1 is 1.05 bits per heavy atom. The zero-order valence-electron chi connectivity index (χ0n) is 12.0. The lowest BCUT2D eigenvalue weighted by molar-refractivity contribution is 0.207. The lowest BCUT2D eigenvalue weighted by atomic mass is 9.92. The van der Waals surface area contributed by atoms with Crippen molar-refractivity contribution < 1.29 is 5.11 Å². The van der Waals surface area contributed by atoms with Crippen molar-refractivity contribution >= 4 is 0 Å². The van der Waals surface area contributed by atoms with E-state index < -0.39 is 0 Å². The first-order chi connectivity index (χ1) is 9.78. The van der Waals surface area contributed by atoms with Gasteiger partial charge < -0.3 is 5.11 Å². The van der Waals surface area contributed by atoms with Crippen LogP contribution < -0.4 is 0 Å². The number of rotatable bonds is 5. The van der Waals surface area contributed by atoms with Crippen LogP contribution >= 0.6 is 0 Å². The van der Waals surface area contributed by atoms with E-state index in [9.17, 15) is 5.11 Å². The van der Waals surface area contributed by atoms with Crippen molar-refractivity contribution in [1.29, 1.82) is 0 Å². The lowest BCUT2D eigenvalue weighted by Crippen LogP contribution is -2.13. The lowest BCUT2D eigenvalue weighted by Gasteiger charge is -2.14. The van der Waals surface area contributed by atoms with Gasteiger partial charge in [0.25, 0.3) is 0 Å². The Hall–Kier alpha value is -1.60. The fourth-order valence-corrected chi connectivity index (χ4v) is 3.20. The molecule has 1 saturated carbocycles. The summed E-state index contributed by atoms with van der Waals surface area (Å²) in [5.41, 5.74) is 4.07. The number of aryl methyl sites for hydroxylation is 1. The average Bonchev–Trinajstić information content (AvgIpc) is 3.28. The van der Waals surface area contributed by atoms with Crippen LogP contribution in [0.3, 0.4) is 0 Å². The maximum absolute atomic E-state index is 9.72. The third kappa shape index (κ3) is 2.94. The van der Waals surface area contributed by atoms with Gasteiger partial charge in [0.2, 0.25) is 0 Å². The summed E-state index contributed by atoms with van der Waals surface area (Å²) in [6.07, 6.45) is 2.21. The van der Waals surface area contributed by atoms with Crippen molar-refractivity contribution in [2.45, 2.75) is 25.7 Å². The highest BCUT2D eigenvalue weighted by molar-refractivity contribution is 5.27. The fraction of sp³-hybridized carbons (Fsp3) is 0.368. The molecule has 1 heteroatoms. The van der Waals surface area contributed by atoms with Gasteiger partial charge in [-0.05, 0) is 48.6 Å². The summed E-state index contributed by atoms with van der Waals surface area (Å²) in [6, 6.07) is 19.4. The molecule has 1 fully saturated rings. The fourth-order valence-electron chi connectivity index (χ4n) is 3.20. The smallest absolute Gasteiger partial charge is 0.0465 e. The quantitative estimate of drug-likeness (QED) is 0.868. The Bertz CT molecular complexity index is 544. The predicted octanol–water partition coefficient (Wildman–Crippen LogP) is 3.95. The summed E-state index contributed by atoms with van der Waals surface area (Å²) in [6.45, 7) is 2.40. The number of hydrogen-bond donors (Lipinski definition) is 1. The van der Waals surface area contributed by atoms with Gasteiger partial charge in [-0.25, -0.2) is 0 Å². The Kier molecular flexibility index (Phi) is 3.88. The van der Waals surface area contributed by atoms with E-state index in [1.54, 1.807) is 0 Å². The van der Waals surface area contributed by atoms with Crippen LogP contribution in [0, 0.1) is 18.8 Å². The van der Waals surface area contributed by atoms with Crippen LogP contribution in [0.1, 0.15) is 29.0 Å². The molecular formula is C19H22O. The molecule has 1 aliphatic carbocycles. The monoisotopic (exact) mass is 266 g/mol. The van der Waals surface area contributed by atoms with Gasteiger partial charge in [-0.3, -0.25) is 0 Å². The normalized spacial score (nSPS) is 22.5. The molecule has 3 unspecified atom stereocenters. The molecule has 2 aromatic rings. The topological polar surface area (TPSA) is 20.2 Å². The van der Waals surface area contributed by atoms with Crippen LogP contribution in [0.4, 0.5) is 0 Å². The van der Waals surface area contributed by atoms with Crippen molar-refractivity contribution in [2.75, 3.05) is 6.61 Å². The molecule has 1 N–H and O–H groups in total. The maximum atomic E-state index is 9.72. The van der Waals surface area contributed by atoms with Crippen molar-refractivity contribution in [1.82, 2.24) is 0 Å². The van der Waals surface area contributed by atoms with E-state index in [-0.39, 0.29) is 0 Å². The van der Waals surface area contributed by atoms with Crippen LogP contribution in [0.5, 0.6) is 0 Å². The molecule has 0 aliphatic heterocycles. The van der Waals surface area contributed by atoms with Crippen molar-refractivity contribution in [3.63, 3.8) is 0 Å². The molecule has 1 aliphatic rings. The van der Waals surface area contributed by atoms with Crippen LogP contribution in [0.2, 0.25) is 0 Å². The van der Waals surface area contributed by atoms with Gasteiger partial charge in [0, 0.05) is 6.61 Å². The third-order valence-electron chi connectivity index (χ3n) is 4.53. The molecule has 0 aromatic heterocycles. The molecule has 0 radical (unpaired) electrons. The van der Waals surface area contributed by atoms with Gasteiger partial charge in [0.15, 0.2) is 0 Å². The van der Waals surface area contributed by atoms with Gasteiger partial charge in [-0.15, -0.1) is 0 Å². The highest BCUT2D eigenvalue weighted by Crippen LogP contribution is 2.52. The highest BCUT2D eigenvalue weighted by atomic mass is 16.3. The molecule has 0 amide bonds. The molecule has 2 aromatic carbocycles. The standard InChI is InChI=1S/C19H22O/c1-14-7-9-15(10-8-14)11-17(13-20)19-12-18(19)16-5-3-2-4-6-16/h2-10,17-20H,11-13H2,1H3. The average molecular weight is 266 g/mol. The molecule has 0 bridgehead atoms. The Morgan fingerprint density at radius 3 is 2.40 bits per heavy atom. The van der Waals surface area contributed by atoms with Gasteiger partial charge in [-0.1, -0.05) is 60.2 Å². The summed E-state index contributed by atoms with van der Waals surface area (Å²) in [4.78, 5) is 0. The van der Waals surface area contributed by atoms with Crippen molar-refractivity contribution in [2.24, 2.45) is 11.8 Å². The van der Waals surface area contributed by atoms with E-state index in [0.717, 1.165) is 6.42 Å². The molecular weight excluding hydrogens is 244 g/mol. The van der Waals surface area contributed by atoms with Crippen LogP contribution in [-0.4, -0.2) is 11.7 Å². The second-order valence-electron chi connectivity index (χ2n) is 6.05. The Morgan fingerprint density at radius 2 is 1.75 bits per heavy atom. The summed E-state index contributed by atoms with van der Waals surface area (Å²) >= 11 is 0. The van der Waals surface area contributed by atoms with Crippen molar-refractivity contribution in [3.05, 3.63) is 71.3 Å². The number of benzene rings is 2. The first-order valence-corrected chi connectivity index (χ1v) is 7.49. The number of aliphatic hydroxyl groups is 1. The van der Waals surface area contributed by atoms with Gasteiger partial charge in [-0.2, -0.15) is 0 Å². The molecule has 104 valence electrons. The minimum absolute atomic E-state index is 0.294. The zero-order chi connectivity index (χ0) is 13.9. The summed E-state index contributed by atoms with van der Waals surface area (Å²) in [5.74, 6) is 1.69. The van der Waals surface area contributed by atoms with Crippen molar-refractivity contribution in [3.8, 4) is 0 Å². The minimum atomic E-state index is 0.294. The summed E-state index contributed by atoms with van der Waals surface area (Å²) in [5, 5.41) is 9.72. The van der Waals surface area contributed by atoms with Gasteiger partial charge in [0.1, 0.15) is 0 Å². The molecule has 3 atom stereocenters. The molecule has 20 heavy (non-hydrogen) atoms. The predicted molar refractivity (Wildman–Crippen MR) is 82.7 cm³/mol. The number of aliphatic hydroxyl groups excluding tert-OH is 1. The molecule has 0 heterocycles. The third-order valence-corrected chi connectivity index (χ3v) is 4.53. The summed E-state index contributed by atoms with van der Waals surface area (Å²) < 4.78 is 0. The Labute approximate surface area is 121 Å². The van der Waals surface area contributed by atoms with Crippen LogP contribution in [-0.2, 0) is 6.42 Å². The van der Waals surface area contributed by atoms with Crippen LogP contribution in [0.25, 0.3) is 0 Å². The maximum Gasteiger partial charge on any atom is 0.0465 e. The SMILES string of the molecule is Cc1ccc(CC(CO)C2CC2c2ccccc2)cc1. The largest absolute Gasteiger partial charge is 0.396 e. The zero-order valence-corrected chi connectivity index (χ0v) is 12.0. The minimum Gasteiger partial charge on any atom is -0.396 e. The second-order valence-corrected chi connectivity index (χ2v) is 6.05. The first-order valence-electron chi connectivity index (χ1n) is 7.49. The highest BCUT2D eigenvalue weighted by Gasteiger charge is 2.43. The van der Waals surface area contributed by atoms with E-state index in [4.69, 9.17) is 0 Å². The molecule has 1 nitrogen and oxygen atoms in total. The van der Waals surface area contributed by atoms with E-state index in [2.05, 4.69) is 61.5 Å². The summed E-state index contributed by atoms with van der Waals surface area (Å²) in [7, 11) is 0. The Balaban J connectivity index is 1.65. The van der Waals surface area contributed by atoms with Gasteiger partial charge in [0.05, 0.1) is 0 Å². The van der Waals surface area contributed by atoms with E-state index in [1.165, 1.54) is 23.1 Å². The van der Waals surface area contributed by atoms with Crippen LogP contribution in [0.15, 0.2) is 54.6 Å². The van der Waals surface area contributed by atoms with E-state index >= 15 is 0 Å². The first kappa shape index (κ1) is 13.4. The molecule has 0 spiro atoms. The molecule has 0 saturated heterocycles.